The van der Waals surface area contributed by atoms with Crippen LogP contribution in [0.1, 0.15) is 20.7 Å². The third-order valence-corrected chi connectivity index (χ3v) is 4.96. The first-order valence-electron chi connectivity index (χ1n) is 8.81. The second-order valence-electron chi connectivity index (χ2n) is 6.28. The number of hydrogen-bond acceptors (Lipinski definition) is 5. The molecule has 0 saturated carbocycles. The molecule has 0 saturated heterocycles. The maximum atomic E-state index is 13.7. The Labute approximate surface area is 179 Å². The van der Waals surface area contributed by atoms with Gasteiger partial charge < -0.3 is 9.47 Å². The van der Waals surface area contributed by atoms with E-state index in [-0.39, 0.29) is 27.6 Å². The van der Waals surface area contributed by atoms with E-state index >= 15 is 0 Å². The predicted octanol–water partition coefficient (Wildman–Crippen LogP) is 5.21. The molecule has 2 aromatic carbocycles. The molecule has 0 amide bonds. The number of hydrogen-bond donors (Lipinski definition) is 0. The van der Waals surface area contributed by atoms with Gasteiger partial charge in [-0.15, -0.1) is 0 Å². The van der Waals surface area contributed by atoms with Crippen molar-refractivity contribution in [3.63, 3.8) is 0 Å². The summed E-state index contributed by atoms with van der Waals surface area (Å²) < 4.78 is 25.9. The molecule has 0 spiro atoms. The number of carbonyl (C=O) groups excluding carboxylic acids is 2. The Hall–Kier alpha value is -3.52. The molecule has 4 aromatic rings. The van der Waals surface area contributed by atoms with Gasteiger partial charge >= 0.3 is 5.97 Å². The van der Waals surface area contributed by atoms with Gasteiger partial charge in [-0.05, 0) is 52.3 Å². The van der Waals surface area contributed by atoms with Crippen LogP contribution in [0.2, 0.25) is 0 Å². The first-order chi connectivity index (χ1) is 14.5. The lowest BCUT2D eigenvalue weighted by Crippen LogP contribution is -2.11. The van der Waals surface area contributed by atoms with E-state index < -0.39 is 11.8 Å². The van der Waals surface area contributed by atoms with Crippen LogP contribution in [0.25, 0.3) is 11.0 Å². The predicted molar refractivity (Wildman–Crippen MR) is 111 cm³/mol. The molecular weight excluding hydrogens is 455 g/mol. The Morgan fingerprint density at radius 2 is 1.80 bits per heavy atom. The number of rotatable bonds is 4. The summed E-state index contributed by atoms with van der Waals surface area (Å²) in [5.74, 6) is -1.21. The van der Waals surface area contributed by atoms with Crippen molar-refractivity contribution in [2.45, 2.75) is 0 Å². The van der Waals surface area contributed by atoms with Gasteiger partial charge in [-0.1, -0.05) is 18.2 Å². The second kappa shape index (κ2) is 8.08. The van der Waals surface area contributed by atoms with Gasteiger partial charge in [0, 0.05) is 23.2 Å². The van der Waals surface area contributed by atoms with E-state index in [4.69, 9.17) is 9.47 Å². The van der Waals surface area contributed by atoms with Crippen LogP contribution in [0, 0.1) is 5.82 Å². The van der Waals surface area contributed by atoms with Gasteiger partial charge in [0.05, 0.1) is 7.11 Å². The zero-order chi connectivity index (χ0) is 21.3. The number of carbonyl (C=O) groups is 2. The largest absolute Gasteiger partial charge is 0.465 e. The quantitative estimate of drug-likeness (QED) is 0.303. The van der Waals surface area contributed by atoms with E-state index in [0.29, 0.717) is 16.6 Å². The maximum Gasteiger partial charge on any atom is 0.341 e. The van der Waals surface area contributed by atoms with Gasteiger partial charge in [-0.3, -0.25) is 9.36 Å². The van der Waals surface area contributed by atoms with Crippen LogP contribution >= 0.6 is 15.9 Å². The summed E-state index contributed by atoms with van der Waals surface area (Å²) in [5, 5.41) is 0.633. The molecule has 30 heavy (non-hydrogen) atoms. The molecule has 0 atom stereocenters. The van der Waals surface area contributed by atoms with Gasteiger partial charge in [0.15, 0.2) is 10.4 Å². The van der Waals surface area contributed by atoms with Crippen molar-refractivity contribution in [2.75, 3.05) is 7.11 Å². The molecule has 2 heterocycles. The van der Waals surface area contributed by atoms with Gasteiger partial charge in [0.25, 0.3) is 5.91 Å². The van der Waals surface area contributed by atoms with Crippen LogP contribution in [0.5, 0.6) is 11.5 Å². The number of pyridine rings is 1. The molecule has 0 aliphatic heterocycles. The van der Waals surface area contributed by atoms with Crippen LogP contribution in [0.3, 0.4) is 0 Å². The number of esters is 1. The number of methoxy groups -OCH3 is 1. The van der Waals surface area contributed by atoms with Crippen molar-refractivity contribution in [3.8, 4) is 11.5 Å². The number of fused-ring (bicyclic) bond motifs is 1. The molecular formula is C22H14BrFN2O4. The molecule has 2 aromatic heterocycles. The fourth-order valence-corrected chi connectivity index (χ4v) is 3.32. The highest BCUT2D eigenvalue weighted by molar-refractivity contribution is 9.10. The fourth-order valence-electron chi connectivity index (χ4n) is 2.95. The highest BCUT2D eigenvalue weighted by Crippen LogP contribution is 2.34. The first kappa shape index (κ1) is 19.8. The minimum Gasteiger partial charge on any atom is -0.465 e. The van der Waals surface area contributed by atoms with E-state index in [0.717, 1.165) is 12.1 Å². The number of ether oxygens (including phenoxy) is 2. The van der Waals surface area contributed by atoms with Crippen LogP contribution in [-0.2, 0) is 4.74 Å². The maximum absolute atomic E-state index is 13.7. The van der Waals surface area contributed by atoms with Crippen LogP contribution in [0.15, 0.2) is 71.5 Å². The Morgan fingerprint density at radius 3 is 2.53 bits per heavy atom. The minimum atomic E-state index is -0.658. The zero-order valence-electron chi connectivity index (χ0n) is 15.6. The van der Waals surface area contributed by atoms with E-state index in [2.05, 4.69) is 20.9 Å². The van der Waals surface area contributed by atoms with E-state index in [1.165, 1.54) is 17.7 Å². The number of aromatic nitrogens is 2. The minimum absolute atomic E-state index is 0.0107. The molecule has 8 heteroatoms. The second-order valence-corrected chi connectivity index (χ2v) is 7.03. The smallest absolute Gasteiger partial charge is 0.341 e. The molecule has 0 N–H and O–H groups in total. The molecule has 4 rings (SSSR count). The lowest BCUT2D eigenvalue weighted by molar-refractivity contribution is 0.0597. The number of nitrogens with zero attached hydrogens (tertiary/aromatic N) is 2. The van der Waals surface area contributed by atoms with Crippen molar-refractivity contribution >= 4 is 38.8 Å². The molecule has 150 valence electrons. The Bertz CT molecular complexity index is 1270. The van der Waals surface area contributed by atoms with Gasteiger partial charge in [0.1, 0.15) is 22.8 Å². The average Bonchev–Trinajstić information content (AvgIpc) is 3.16. The van der Waals surface area contributed by atoms with Gasteiger partial charge in [0.2, 0.25) is 0 Å². The summed E-state index contributed by atoms with van der Waals surface area (Å²) >= 11 is 3.33. The standard InChI is InChI=1S/C22H14BrFN2O4/c1-29-22(28)16-8-7-15(24)12-17(16)30-18-11-14-9-10-26(20(14)25-19(18)23)21(27)13-5-3-2-4-6-13/h2-12H,1H3. The topological polar surface area (TPSA) is 70.4 Å². The van der Waals surface area contributed by atoms with Crippen molar-refractivity contribution in [3.05, 3.63) is 88.4 Å². The SMILES string of the molecule is COC(=O)c1ccc(F)cc1Oc1cc2ccn(C(=O)c3ccccc3)c2nc1Br. The Kier molecular flexibility index (Phi) is 5.33. The van der Waals surface area contributed by atoms with Gasteiger partial charge in [-0.2, -0.15) is 0 Å². The molecule has 0 bridgehead atoms. The molecule has 0 aliphatic rings. The van der Waals surface area contributed by atoms with Crippen molar-refractivity contribution in [1.82, 2.24) is 9.55 Å². The summed E-state index contributed by atoms with van der Waals surface area (Å²) in [5.41, 5.74) is 1.02. The summed E-state index contributed by atoms with van der Waals surface area (Å²) in [6.07, 6.45) is 1.62. The Morgan fingerprint density at radius 1 is 1.03 bits per heavy atom. The van der Waals surface area contributed by atoms with Crippen LogP contribution < -0.4 is 4.74 Å². The molecule has 0 unspecified atom stereocenters. The average molecular weight is 469 g/mol. The summed E-state index contributed by atoms with van der Waals surface area (Å²) in [4.78, 5) is 29.2. The van der Waals surface area contributed by atoms with Crippen molar-refractivity contribution < 1.29 is 23.5 Å². The van der Waals surface area contributed by atoms with E-state index in [1.54, 1.807) is 42.6 Å². The highest BCUT2D eigenvalue weighted by atomic mass is 79.9. The molecule has 0 radical (unpaired) electrons. The first-order valence-corrected chi connectivity index (χ1v) is 9.60. The Balaban J connectivity index is 1.73. The van der Waals surface area contributed by atoms with E-state index in [1.807, 2.05) is 6.07 Å². The summed E-state index contributed by atoms with van der Waals surface area (Å²) in [6, 6.07) is 15.7. The third kappa shape index (κ3) is 3.69. The lowest BCUT2D eigenvalue weighted by Gasteiger charge is -2.12. The third-order valence-electron chi connectivity index (χ3n) is 4.39. The normalized spacial score (nSPS) is 10.8. The molecule has 0 fully saturated rings. The van der Waals surface area contributed by atoms with E-state index in [9.17, 15) is 14.0 Å². The highest BCUT2D eigenvalue weighted by Gasteiger charge is 2.19. The van der Waals surface area contributed by atoms with Crippen molar-refractivity contribution in [2.24, 2.45) is 0 Å². The molecule has 0 aliphatic carbocycles. The van der Waals surface area contributed by atoms with Gasteiger partial charge in [-0.25, -0.2) is 14.2 Å². The van der Waals surface area contributed by atoms with Crippen LogP contribution in [0.4, 0.5) is 4.39 Å². The van der Waals surface area contributed by atoms with Crippen molar-refractivity contribution in [1.29, 1.82) is 0 Å². The zero-order valence-corrected chi connectivity index (χ0v) is 17.2. The lowest BCUT2D eigenvalue weighted by atomic mass is 10.2. The monoisotopic (exact) mass is 468 g/mol. The number of benzene rings is 2. The fraction of sp³-hybridized carbons (Fsp3) is 0.0455. The molecule has 6 nitrogen and oxygen atoms in total. The summed E-state index contributed by atoms with van der Waals surface area (Å²) in [6.45, 7) is 0. The summed E-state index contributed by atoms with van der Waals surface area (Å²) in [7, 11) is 1.23. The van der Waals surface area contributed by atoms with Crippen LogP contribution in [-0.4, -0.2) is 28.5 Å². The number of halogens is 2.